The van der Waals surface area contributed by atoms with Gasteiger partial charge in [0.05, 0.1) is 15.7 Å². The van der Waals surface area contributed by atoms with E-state index in [-0.39, 0.29) is 16.4 Å². The summed E-state index contributed by atoms with van der Waals surface area (Å²) in [5.74, 6) is 5.76. The van der Waals surface area contributed by atoms with E-state index in [2.05, 4.69) is 107 Å². The van der Waals surface area contributed by atoms with Gasteiger partial charge >= 0.3 is 0 Å². The molecule has 0 spiro atoms. The molecule has 0 aliphatic heterocycles. The van der Waals surface area contributed by atoms with Gasteiger partial charge in [0.15, 0.2) is 5.75 Å². The maximum atomic E-state index is 12.8. The van der Waals surface area contributed by atoms with Gasteiger partial charge in [-0.05, 0) is 119 Å². The van der Waals surface area contributed by atoms with E-state index < -0.39 is 0 Å². The average Bonchev–Trinajstić information content (AvgIpc) is 3.32. The third-order valence-corrected chi connectivity index (χ3v) is 10.7. The first-order chi connectivity index (χ1) is 30.5. The summed E-state index contributed by atoms with van der Waals surface area (Å²) in [5, 5.41) is 14.6. The van der Waals surface area contributed by atoms with Gasteiger partial charge in [0, 0.05) is 44.9 Å². The first-order valence-electron chi connectivity index (χ1n) is 20.1. The molecule has 0 heterocycles. The molecule has 0 aliphatic carbocycles. The lowest BCUT2D eigenvalue weighted by Crippen LogP contribution is -2.09. The van der Waals surface area contributed by atoms with Crippen molar-refractivity contribution in [3.63, 3.8) is 0 Å². The maximum absolute atomic E-state index is 12.8. The topological polar surface area (TPSA) is 94.1 Å². The molecule has 9 aromatic carbocycles. The fraction of sp³-hybridized carbons (Fsp3) is 0. The van der Waals surface area contributed by atoms with Crippen LogP contribution in [0.4, 0.5) is 39.8 Å². The number of nitrogens with zero attached hydrogens (tertiary/aromatic N) is 3. The number of anilines is 6. The molecule has 0 aliphatic rings. The molecule has 62 heavy (non-hydrogen) atoms. The van der Waals surface area contributed by atoms with Crippen LogP contribution in [0.2, 0.25) is 0 Å². The van der Waals surface area contributed by atoms with Crippen molar-refractivity contribution in [1.82, 2.24) is 0 Å². The third kappa shape index (κ3) is 8.28. The van der Waals surface area contributed by atoms with Gasteiger partial charge in [-0.25, -0.2) is 0 Å². The quantitative estimate of drug-likeness (QED) is 0.0407. The van der Waals surface area contributed by atoms with E-state index in [0.717, 1.165) is 56.4 Å². The van der Waals surface area contributed by atoms with E-state index in [9.17, 15) is 10.1 Å². The molecule has 8 nitrogen and oxygen atoms in total. The summed E-state index contributed by atoms with van der Waals surface area (Å²) in [6, 6.07) is 68.5. The van der Waals surface area contributed by atoms with Gasteiger partial charge in [0.25, 0.3) is 5.69 Å². The van der Waals surface area contributed by atoms with Gasteiger partial charge in [-0.1, -0.05) is 138 Å². The number of rotatable bonds is 13. The zero-order valence-electron chi connectivity index (χ0n) is 33.5. The molecule has 0 saturated carbocycles. The average molecular weight is 809 g/mol. The SMILES string of the molecule is NOOc1c2cc(/C=C\c3ccc(N(c4ccccc4)c4ccccc4)cc3)ccc2c([N+](=O)[O-])c2cc(/C=C\c3ccc(N(c4ccccc4)c4ccccc4)cc3)ccc12. The number of nitro groups is 1. The normalized spacial score (nSPS) is 11.4. The van der Waals surface area contributed by atoms with Gasteiger partial charge in [-0.15, -0.1) is 0 Å². The highest BCUT2D eigenvalue weighted by Gasteiger charge is 2.24. The second-order valence-corrected chi connectivity index (χ2v) is 14.6. The smallest absolute Gasteiger partial charge is 0.285 e. The molecule has 0 saturated heterocycles. The van der Waals surface area contributed by atoms with E-state index in [1.165, 1.54) is 0 Å². The van der Waals surface area contributed by atoms with Crippen LogP contribution in [-0.4, -0.2) is 4.92 Å². The van der Waals surface area contributed by atoms with E-state index in [1.54, 1.807) is 18.2 Å². The van der Waals surface area contributed by atoms with Gasteiger partial charge in [0.1, 0.15) is 0 Å². The molecule has 9 rings (SSSR count). The number of nitro benzene ring substituents is 1. The van der Waals surface area contributed by atoms with E-state index in [4.69, 9.17) is 15.8 Å². The second-order valence-electron chi connectivity index (χ2n) is 14.6. The molecule has 0 unspecified atom stereocenters. The molecule has 0 atom stereocenters. The monoisotopic (exact) mass is 808 g/mol. The number of non-ortho nitro benzene ring substituents is 1. The van der Waals surface area contributed by atoms with Gasteiger partial charge in [-0.3, -0.25) is 10.1 Å². The molecule has 300 valence electrons. The minimum atomic E-state index is -0.347. The van der Waals surface area contributed by atoms with E-state index >= 15 is 0 Å². The van der Waals surface area contributed by atoms with Crippen LogP contribution in [0.5, 0.6) is 5.75 Å². The fourth-order valence-electron chi connectivity index (χ4n) is 7.80. The first kappa shape index (κ1) is 39.2. The lowest BCUT2D eigenvalue weighted by Gasteiger charge is -2.25. The Hall–Kier alpha value is -8.30. The predicted octanol–water partition coefficient (Wildman–Crippen LogP) is 14.4. The van der Waals surface area contributed by atoms with Crippen LogP contribution < -0.4 is 20.6 Å². The summed E-state index contributed by atoms with van der Waals surface area (Å²) in [4.78, 5) is 27.1. The van der Waals surface area contributed by atoms with Gasteiger partial charge < -0.3 is 14.7 Å². The number of nitrogens with two attached hydrogens (primary N) is 1. The third-order valence-electron chi connectivity index (χ3n) is 10.7. The Bertz CT molecular complexity index is 2950. The van der Waals surface area contributed by atoms with Crippen LogP contribution in [0.1, 0.15) is 22.3 Å². The molecular weight excluding hydrogens is 769 g/mol. The van der Waals surface area contributed by atoms with Crippen molar-refractivity contribution in [2.75, 3.05) is 9.80 Å². The molecule has 0 aromatic heterocycles. The predicted molar refractivity (Wildman–Crippen MR) is 254 cm³/mol. The van der Waals surface area contributed by atoms with Crippen LogP contribution in [0, 0.1) is 10.1 Å². The van der Waals surface area contributed by atoms with Crippen LogP contribution in [0.3, 0.4) is 0 Å². The van der Waals surface area contributed by atoms with Crippen molar-refractivity contribution < 1.29 is 14.8 Å². The molecule has 0 radical (unpaired) electrons. The van der Waals surface area contributed by atoms with E-state index in [0.29, 0.717) is 21.5 Å². The molecule has 8 heteroatoms. The van der Waals surface area contributed by atoms with E-state index in [1.807, 2.05) is 115 Å². The lowest BCUT2D eigenvalue weighted by molar-refractivity contribution is -0.381. The maximum Gasteiger partial charge on any atom is 0.285 e. The molecule has 0 amide bonds. The highest BCUT2D eigenvalue weighted by Crippen LogP contribution is 2.44. The number of hydrogen-bond donors (Lipinski definition) is 1. The van der Waals surface area contributed by atoms with Crippen LogP contribution in [0.25, 0.3) is 45.8 Å². The summed E-state index contributed by atoms with van der Waals surface area (Å²) >= 11 is 0. The van der Waals surface area contributed by atoms with Crippen molar-refractivity contribution in [3.8, 4) is 5.75 Å². The van der Waals surface area contributed by atoms with Crippen molar-refractivity contribution in [2.24, 2.45) is 5.90 Å². The molecule has 2 N–H and O–H groups in total. The van der Waals surface area contributed by atoms with Crippen LogP contribution in [-0.2, 0) is 4.99 Å². The molecule has 0 fully saturated rings. The molecular formula is C54H40N4O4. The van der Waals surface area contributed by atoms with Crippen molar-refractivity contribution in [1.29, 1.82) is 0 Å². The Kier molecular flexibility index (Phi) is 11.3. The first-order valence-corrected chi connectivity index (χ1v) is 20.1. The Morgan fingerprint density at radius 1 is 0.403 bits per heavy atom. The van der Waals surface area contributed by atoms with Crippen molar-refractivity contribution in [2.45, 2.75) is 0 Å². The standard InChI is InChI=1S/C54H40N4O4/c55-62-61-54-50-36-30-41(23-21-39-25-31-47(32-26-39)56(43-13-5-1-6-14-43)44-15-7-2-8-16-44)37-51(50)53(58(59)60)49-35-29-42(38-52(49)54)24-22-40-27-33-48(34-28-40)57(45-17-9-3-10-18-45)46-19-11-4-12-20-46/h1-38H,55H2/b23-21-,24-22-. The van der Waals surface area contributed by atoms with Gasteiger partial charge in [-0.2, -0.15) is 5.90 Å². The zero-order chi connectivity index (χ0) is 42.3. The Balaban J connectivity index is 0.999. The van der Waals surface area contributed by atoms with Crippen LogP contribution >= 0.6 is 0 Å². The Morgan fingerprint density at radius 2 is 0.742 bits per heavy atom. The number of para-hydroxylation sites is 4. The van der Waals surface area contributed by atoms with Crippen molar-refractivity contribution in [3.05, 3.63) is 239 Å². The Labute approximate surface area is 359 Å². The summed E-state index contributed by atoms with van der Waals surface area (Å²) in [7, 11) is 0. The number of benzene rings is 9. The number of fused-ring (bicyclic) bond motifs is 2. The zero-order valence-corrected chi connectivity index (χ0v) is 33.5. The largest absolute Gasteiger partial charge is 0.318 e. The van der Waals surface area contributed by atoms with Crippen molar-refractivity contribution >= 4 is 85.7 Å². The second kappa shape index (κ2) is 17.9. The number of hydrogen-bond acceptors (Lipinski definition) is 7. The fourth-order valence-corrected chi connectivity index (χ4v) is 7.80. The summed E-state index contributed by atoms with van der Waals surface area (Å²) in [5.41, 5.74) is 9.79. The highest BCUT2D eigenvalue weighted by atomic mass is 17.3. The van der Waals surface area contributed by atoms with Gasteiger partial charge in [0.2, 0.25) is 0 Å². The molecule has 0 bridgehead atoms. The van der Waals surface area contributed by atoms with Crippen LogP contribution in [0.15, 0.2) is 206 Å². The minimum absolute atomic E-state index is 0.0339. The molecule has 9 aromatic rings. The minimum Gasteiger partial charge on any atom is -0.318 e. The summed E-state index contributed by atoms with van der Waals surface area (Å²) in [6.45, 7) is 0. The Morgan fingerprint density at radius 3 is 1.13 bits per heavy atom. The summed E-state index contributed by atoms with van der Waals surface area (Å²) in [6.07, 6.45) is 7.90. The lowest BCUT2D eigenvalue weighted by atomic mass is 9.96. The summed E-state index contributed by atoms with van der Waals surface area (Å²) < 4.78 is 0. The highest BCUT2D eigenvalue weighted by molar-refractivity contribution is 6.14.